The molecular formula is C21H42O11. The number of aliphatic carboxylic acids is 1. The third-order valence-electron chi connectivity index (χ3n) is 3.64. The molecule has 0 aromatic rings. The molecule has 0 spiro atoms. The van der Waals surface area contributed by atoms with E-state index in [4.69, 9.17) is 47.7 Å². The average Bonchev–Trinajstić information content (AvgIpc) is 2.78. The lowest BCUT2D eigenvalue weighted by atomic mass is 10.5. The Bertz CT molecular complexity index is 372. The molecule has 0 fully saturated rings. The van der Waals surface area contributed by atoms with E-state index in [1.165, 1.54) is 0 Å². The molecule has 0 aliphatic carbocycles. The van der Waals surface area contributed by atoms with E-state index in [9.17, 15) is 4.79 Å². The summed E-state index contributed by atoms with van der Waals surface area (Å²) in [5.74, 6) is -0.869. The molecule has 0 amide bonds. The van der Waals surface area contributed by atoms with Gasteiger partial charge < -0.3 is 47.7 Å². The van der Waals surface area contributed by atoms with Gasteiger partial charge in [0.05, 0.1) is 119 Å². The highest BCUT2D eigenvalue weighted by molar-refractivity contribution is 5.66. The van der Waals surface area contributed by atoms with Crippen molar-refractivity contribution in [2.45, 2.75) is 13.3 Å². The van der Waals surface area contributed by atoms with Crippen LogP contribution in [0.5, 0.6) is 0 Å². The van der Waals surface area contributed by atoms with Crippen LogP contribution in [0.15, 0.2) is 0 Å². The quantitative estimate of drug-likeness (QED) is 0.162. The van der Waals surface area contributed by atoms with Gasteiger partial charge >= 0.3 is 5.97 Å². The number of ether oxygens (including phenoxy) is 9. The van der Waals surface area contributed by atoms with Crippen LogP contribution in [0, 0.1) is 0 Å². The topological polar surface area (TPSA) is 120 Å². The Hall–Kier alpha value is -0.890. The van der Waals surface area contributed by atoms with Crippen LogP contribution >= 0.6 is 0 Å². The van der Waals surface area contributed by atoms with E-state index in [0.29, 0.717) is 112 Å². The molecule has 0 aromatic heterocycles. The van der Waals surface area contributed by atoms with Crippen molar-refractivity contribution < 1.29 is 52.5 Å². The van der Waals surface area contributed by atoms with Crippen LogP contribution in [0.2, 0.25) is 0 Å². The first kappa shape index (κ1) is 31.1. The number of hydrogen-bond acceptors (Lipinski definition) is 10. The van der Waals surface area contributed by atoms with E-state index in [2.05, 4.69) is 0 Å². The monoisotopic (exact) mass is 470 g/mol. The molecule has 0 bridgehead atoms. The number of rotatable bonds is 28. The molecule has 0 aliphatic heterocycles. The Morgan fingerprint density at radius 1 is 0.438 bits per heavy atom. The largest absolute Gasteiger partial charge is 0.481 e. The van der Waals surface area contributed by atoms with Crippen LogP contribution < -0.4 is 0 Å². The average molecular weight is 471 g/mol. The molecule has 0 unspecified atom stereocenters. The summed E-state index contributed by atoms with van der Waals surface area (Å²) in [5, 5.41) is 8.45. The molecule has 32 heavy (non-hydrogen) atoms. The van der Waals surface area contributed by atoms with Gasteiger partial charge in [0.1, 0.15) is 0 Å². The second-order valence-corrected chi connectivity index (χ2v) is 6.24. The first-order valence-electron chi connectivity index (χ1n) is 11.2. The van der Waals surface area contributed by atoms with Crippen molar-refractivity contribution in [1.29, 1.82) is 0 Å². The maximum absolute atomic E-state index is 10.3. The third-order valence-corrected chi connectivity index (χ3v) is 3.64. The predicted molar refractivity (Wildman–Crippen MR) is 115 cm³/mol. The zero-order valence-electron chi connectivity index (χ0n) is 19.5. The van der Waals surface area contributed by atoms with Crippen molar-refractivity contribution in [1.82, 2.24) is 0 Å². The normalized spacial score (nSPS) is 11.3. The fourth-order valence-electron chi connectivity index (χ4n) is 2.06. The molecule has 0 heterocycles. The summed E-state index contributed by atoms with van der Waals surface area (Å²) in [7, 11) is 0. The van der Waals surface area contributed by atoms with Crippen molar-refractivity contribution >= 4 is 5.97 Å². The summed E-state index contributed by atoms with van der Waals surface area (Å²) >= 11 is 0. The van der Waals surface area contributed by atoms with Gasteiger partial charge in [-0.05, 0) is 6.92 Å². The number of carboxylic acids is 1. The predicted octanol–water partition coefficient (Wildman–Crippen LogP) is 0.630. The first-order valence-corrected chi connectivity index (χ1v) is 11.2. The third kappa shape index (κ3) is 29.1. The number of carbonyl (C=O) groups is 1. The molecule has 0 saturated heterocycles. The lowest BCUT2D eigenvalue weighted by Crippen LogP contribution is -2.15. The Labute approximate surface area is 191 Å². The lowest BCUT2D eigenvalue weighted by Gasteiger charge is -2.08. The summed E-state index contributed by atoms with van der Waals surface area (Å²) in [4.78, 5) is 10.3. The molecule has 0 saturated carbocycles. The first-order chi connectivity index (χ1) is 15.8. The van der Waals surface area contributed by atoms with Gasteiger partial charge in [-0.15, -0.1) is 0 Å². The standard InChI is InChI=1S/C21H42O11/c1-2-24-5-6-26-9-10-28-13-14-30-17-18-32-20-19-31-16-15-29-12-11-27-8-7-25-4-3-21(22)23/h2-20H2,1H3,(H,22,23). The Kier molecular flexibility index (Phi) is 27.4. The van der Waals surface area contributed by atoms with E-state index in [0.717, 1.165) is 0 Å². The van der Waals surface area contributed by atoms with E-state index in [-0.39, 0.29) is 13.0 Å². The highest BCUT2D eigenvalue weighted by Gasteiger charge is 1.97. The van der Waals surface area contributed by atoms with E-state index >= 15 is 0 Å². The van der Waals surface area contributed by atoms with Crippen molar-refractivity contribution in [2.24, 2.45) is 0 Å². The summed E-state index contributed by atoms with van der Waals surface area (Å²) < 4.78 is 47.9. The van der Waals surface area contributed by atoms with Crippen molar-refractivity contribution in [3.8, 4) is 0 Å². The van der Waals surface area contributed by atoms with Gasteiger partial charge in [0.15, 0.2) is 0 Å². The number of hydrogen-bond donors (Lipinski definition) is 1. The van der Waals surface area contributed by atoms with Gasteiger partial charge in [0.25, 0.3) is 0 Å². The summed E-state index contributed by atoms with van der Waals surface area (Å²) in [6, 6.07) is 0. The lowest BCUT2D eigenvalue weighted by molar-refractivity contribution is -0.138. The second kappa shape index (κ2) is 28.1. The fraction of sp³-hybridized carbons (Fsp3) is 0.952. The summed E-state index contributed by atoms with van der Waals surface area (Å²) in [5.41, 5.74) is 0. The zero-order chi connectivity index (χ0) is 23.4. The molecular weight excluding hydrogens is 428 g/mol. The van der Waals surface area contributed by atoms with Crippen molar-refractivity contribution in [2.75, 3.05) is 119 Å². The minimum absolute atomic E-state index is 0.00446. The molecule has 0 radical (unpaired) electrons. The van der Waals surface area contributed by atoms with Crippen molar-refractivity contribution in [3.63, 3.8) is 0 Å². The van der Waals surface area contributed by atoms with Crippen LogP contribution in [-0.2, 0) is 47.4 Å². The van der Waals surface area contributed by atoms with Crippen LogP contribution in [-0.4, -0.2) is 130 Å². The summed E-state index contributed by atoms with van der Waals surface area (Å²) in [6.07, 6.45) is 0.00446. The van der Waals surface area contributed by atoms with Crippen LogP contribution in [0.1, 0.15) is 13.3 Å². The molecule has 0 aliphatic rings. The Morgan fingerprint density at radius 2 is 0.656 bits per heavy atom. The van der Waals surface area contributed by atoms with Gasteiger partial charge in [-0.2, -0.15) is 0 Å². The Morgan fingerprint density at radius 3 is 0.875 bits per heavy atom. The maximum Gasteiger partial charge on any atom is 0.305 e. The molecule has 11 heteroatoms. The second-order valence-electron chi connectivity index (χ2n) is 6.24. The van der Waals surface area contributed by atoms with Gasteiger partial charge in [-0.25, -0.2) is 0 Å². The van der Waals surface area contributed by atoms with Gasteiger partial charge in [-0.1, -0.05) is 0 Å². The minimum Gasteiger partial charge on any atom is -0.481 e. The van der Waals surface area contributed by atoms with Gasteiger partial charge in [0.2, 0.25) is 0 Å². The van der Waals surface area contributed by atoms with Crippen LogP contribution in [0.3, 0.4) is 0 Å². The molecule has 11 nitrogen and oxygen atoms in total. The highest BCUT2D eigenvalue weighted by Crippen LogP contribution is 1.87. The molecule has 0 rings (SSSR count). The van der Waals surface area contributed by atoms with E-state index in [1.807, 2.05) is 6.92 Å². The molecule has 0 aromatic carbocycles. The van der Waals surface area contributed by atoms with Crippen LogP contribution in [0.4, 0.5) is 0 Å². The summed E-state index contributed by atoms with van der Waals surface area (Å²) in [6.45, 7) is 11.0. The van der Waals surface area contributed by atoms with Crippen LogP contribution in [0.25, 0.3) is 0 Å². The molecule has 1 N–H and O–H groups in total. The van der Waals surface area contributed by atoms with Crippen molar-refractivity contribution in [3.05, 3.63) is 0 Å². The molecule has 192 valence electrons. The van der Waals surface area contributed by atoms with E-state index < -0.39 is 5.97 Å². The molecule has 0 atom stereocenters. The minimum atomic E-state index is -0.869. The Balaban J connectivity index is 3.00. The fourth-order valence-corrected chi connectivity index (χ4v) is 2.06. The SMILES string of the molecule is CCOCCOCCOCCOCCOCCOCCOCCOCCOCCC(=O)O. The number of carboxylic acid groups (broad SMARTS) is 1. The van der Waals surface area contributed by atoms with Gasteiger partial charge in [-0.3, -0.25) is 4.79 Å². The zero-order valence-corrected chi connectivity index (χ0v) is 19.5. The maximum atomic E-state index is 10.3. The van der Waals surface area contributed by atoms with E-state index in [1.54, 1.807) is 0 Å². The smallest absolute Gasteiger partial charge is 0.305 e. The van der Waals surface area contributed by atoms with Gasteiger partial charge in [0, 0.05) is 6.61 Å². The highest BCUT2D eigenvalue weighted by atomic mass is 16.6.